The number of benzene rings is 2. The molecule has 0 aliphatic carbocycles. The van der Waals surface area contributed by atoms with Crippen LogP contribution in [0.25, 0.3) is 0 Å². The van der Waals surface area contributed by atoms with Crippen LogP contribution in [-0.4, -0.2) is 68.2 Å². The molecule has 2 aliphatic heterocycles. The van der Waals surface area contributed by atoms with Gasteiger partial charge < -0.3 is 9.80 Å². The van der Waals surface area contributed by atoms with E-state index >= 15 is 4.39 Å². The number of aryl methyl sites for hydroxylation is 1. The third kappa shape index (κ3) is 4.79. The van der Waals surface area contributed by atoms with Crippen LogP contribution in [0.4, 0.5) is 15.8 Å². The van der Waals surface area contributed by atoms with Gasteiger partial charge in [-0.3, -0.25) is 9.80 Å². The maximum atomic E-state index is 15.2. The highest BCUT2D eigenvalue weighted by molar-refractivity contribution is 5.51. The summed E-state index contributed by atoms with van der Waals surface area (Å²) in [4.78, 5) is 9.61. The second-order valence-electron chi connectivity index (χ2n) is 10.2. The molecule has 0 bridgehead atoms. The van der Waals surface area contributed by atoms with E-state index in [0.29, 0.717) is 6.04 Å². The molecule has 0 radical (unpaired) electrons. The van der Waals surface area contributed by atoms with Gasteiger partial charge in [-0.15, -0.1) is 0 Å². The van der Waals surface area contributed by atoms with Crippen LogP contribution in [0, 0.1) is 12.7 Å². The molecule has 32 heavy (non-hydrogen) atoms. The first-order chi connectivity index (χ1) is 15.3. The van der Waals surface area contributed by atoms with Crippen LogP contribution in [0.3, 0.4) is 0 Å². The Labute approximate surface area is 193 Å². The van der Waals surface area contributed by atoms with Gasteiger partial charge in [0.15, 0.2) is 0 Å². The quantitative estimate of drug-likeness (QED) is 0.670. The van der Waals surface area contributed by atoms with Crippen molar-refractivity contribution in [2.75, 3.05) is 62.2 Å². The van der Waals surface area contributed by atoms with Gasteiger partial charge in [-0.1, -0.05) is 18.2 Å². The number of rotatable bonds is 5. The second-order valence-corrected chi connectivity index (χ2v) is 10.2. The molecule has 0 N–H and O–H groups in total. The molecule has 0 atom stereocenters. The number of nitrogens with zero attached hydrogens (tertiary/aromatic N) is 4. The van der Waals surface area contributed by atoms with Crippen LogP contribution < -0.4 is 9.80 Å². The van der Waals surface area contributed by atoms with Gasteiger partial charge >= 0.3 is 0 Å². The summed E-state index contributed by atoms with van der Waals surface area (Å²) in [6.07, 6.45) is 0. The van der Waals surface area contributed by atoms with Gasteiger partial charge in [-0.2, -0.15) is 0 Å². The van der Waals surface area contributed by atoms with Crippen LogP contribution >= 0.6 is 0 Å². The fourth-order valence-electron chi connectivity index (χ4n) is 5.15. The number of halogens is 1. The van der Waals surface area contributed by atoms with Crippen LogP contribution in [0.2, 0.25) is 0 Å². The van der Waals surface area contributed by atoms with E-state index in [1.165, 1.54) is 11.3 Å². The maximum absolute atomic E-state index is 15.2. The van der Waals surface area contributed by atoms with Gasteiger partial charge in [0.2, 0.25) is 0 Å². The Bertz CT molecular complexity index is 910. The molecule has 4 nitrogen and oxygen atoms in total. The predicted molar refractivity (Wildman–Crippen MR) is 133 cm³/mol. The van der Waals surface area contributed by atoms with E-state index in [1.807, 2.05) is 6.07 Å². The fourth-order valence-corrected chi connectivity index (χ4v) is 5.15. The van der Waals surface area contributed by atoms with Crippen molar-refractivity contribution in [3.8, 4) is 0 Å². The Morgan fingerprint density at radius 3 is 2.06 bits per heavy atom. The van der Waals surface area contributed by atoms with Gasteiger partial charge in [0.1, 0.15) is 5.82 Å². The molecular weight excluding hydrogens is 399 g/mol. The Morgan fingerprint density at radius 2 is 1.47 bits per heavy atom. The van der Waals surface area contributed by atoms with Crippen molar-refractivity contribution in [3.63, 3.8) is 0 Å². The standard InChI is InChI=1S/C27H39FN4/c1-21(2)29-11-13-31(14-12-29)26-10-9-23(20-25(26)28)27(4,5)32-17-15-30(16-18-32)24-8-6-7-22(3)19-24/h6-10,19-21H,11-18H2,1-5H3. The van der Waals surface area contributed by atoms with Crippen LogP contribution in [0.1, 0.15) is 38.8 Å². The molecule has 5 heteroatoms. The Hall–Kier alpha value is -2.11. The summed E-state index contributed by atoms with van der Waals surface area (Å²) in [5.74, 6) is -0.0908. The van der Waals surface area contributed by atoms with E-state index in [0.717, 1.165) is 63.6 Å². The first-order valence-corrected chi connectivity index (χ1v) is 12.1. The molecule has 2 heterocycles. The summed E-state index contributed by atoms with van der Waals surface area (Å²) < 4.78 is 15.2. The molecule has 0 unspecified atom stereocenters. The van der Waals surface area contributed by atoms with E-state index in [2.05, 4.69) is 84.6 Å². The first-order valence-electron chi connectivity index (χ1n) is 12.1. The van der Waals surface area contributed by atoms with E-state index in [9.17, 15) is 0 Å². The van der Waals surface area contributed by atoms with E-state index in [4.69, 9.17) is 0 Å². The van der Waals surface area contributed by atoms with Gasteiger partial charge in [0.25, 0.3) is 0 Å². The minimum Gasteiger partial charge on any atom is -0.369 e. The number of piperazine rings is 2. The molecule has 0 spiro atoms. The number of hydrogen-bond acceptors (Lipinski definition) is 4. The van der Waals surface area contributed by atoms with Gasteiger partial charge in [-0.25, -0.2) is 4.39 Å². The fraction of sp³-hybridized carbons (Fsp3) is 0.556. The zero-order chi connectivity index (χ0) is 22.9. The lowest BCUT2D eigenvalue weighted by Gasteiger charge is -2.45. The minimum absolute atomic E-state index is 0.0908. The molecule has 0 amide bonds. The topological polar surface area (TPSA) is 13.0 Å². The largest absolute Gasteiger partial charge is 0.369 e. The zero-order valence-corrected chi connectivity index (χ0v) is 20.4. The zero-order valence-electron chi connectivity index (χ0n) is 20.4. The Kier molecular flexibility index (Phi) is 6.78. The van der Waals surface area contributed by atoms with Crippen molar-refractivity contribution in [1.82, 2.24) is 9.80 Å². The van der Waals surface area contributed by atoms with Gasteiger partial charge in [-0.05, 0) is 70.0 Å². The molecule has 2 aromatic carbocycles. The monoisotopic (exact) mass is 438 g/mol. The van der Waals surface area contributed by atoms with Crippen molar-refractivity contribution < 1.29 is 4.39 Å². The van der Waals surface area contributed by atoms with Gasteiger partial charge in [0, 0.05) is 69.6 Å². The highest BCUT2D eigenvalue weighted by Gasteiger charge is 2.32. The van der Waals surface area contributed by atoms with E-state index < -0.39 is 0 Å². The molecule has 2 aromatic rings. The molecule has 2 aliphatic rings. The average molecular weight is 439 g/mol. The number of anilines is 2. The van der Waals surface area contributed by atoms with Crippen LogP contribution in [0.15, 0.2) is 42.5 Å². The highest BCUT2D eigenvalue weighted by Crippen LogP contribution is 2.33. The average Bonchev–Trinajstić information content (AvgIpc) is 2.79. The van der Waals surface area contributed by atoms with Crippen molar-refractivity contribution in [2.45, 2.75) is 46.2 Å². The summed E-state index contributed by atoms with van der Waals surface area (Å²) >= 11 is 0. The summed E-state index contributed by atoms with van der Waals surface area (Å²) in [7, 11) is 0. The smallest absolute Gasteiger partial charge is 0.146 e. The molecule has 2 saturated heterocycles. The molecule has 2 fully saturated rings. The van der Waals surface area contributed by atoms with Crippen molar-refractivity contribution in [1.29, 1.82) is 0 Å². The minimum atomic E-state index is -0.200. The highest BCUT2D eigenvalue weighted by atomic mass is 19.1. The molecule has 4 rings (SSSR count). The Morgan fingerprint density at radius 1 is 0.812 bits per heavy atom. The molecule has 174 valence electrons. The first kappa shape index (κ1) is 23.1. The Balaban J connectivity index is 1.41. The van der Waals surface area contributed by atoms with Crippen LogP contribution in [0.5, 0.6) is 0 Å². The second kappa shape index (κ2) is 9.40. The third-order valence-corrected chi connectivity index (χ3v) is 7.48. The lowest BCUT2D eigenvalue weighted by molar-refractivity contribution is 0.111. The lowest BCUT2D eigenvalue weighted by atomic mass is 9.91. The van der Waals surface area contributed by atoms with Crippen molar-refractivity contribution >= 4 is 11.4 Å². The molecular formula is C27H39FN4. The summed E-state index contributed by atoms with van der Waals surface area (Å²) in [6.45, 7) is 18.8. The van der Waals surface area contributed by atoms with E-state index in [1.54, 1.807) is 6.07 Å². The lowest BCUT2D eigenvalue weighted by Crippen LogP contribution is -2.53. The van der Waals surface area contributed by atoms with Crippen molar-refractivity contribution in [3.05, 3.63) is 59.4 Å². The summed E-state index contributed by atoms with van der Waals surface area (Å²) in [5, 5.41) is 0. The van der Waals surface area contributed by atoms with Gasteiger partial charge in [0.05, 0.1) is 5.69 Å². The molecule has 0 saturated carbocycles. The van der Waals surface area contributed by atoms with Crippen LogP contribution in [-0.2, 0) is 5.54 Å². The summed E-state index contributed by atoms with van der Waals surface area (Å²) in [6, 6.07) is 15.2. The van der Waals surface area contributed by atoms with E-state index in [-0.39, 0.29) is 11.4 Å². The third-order valence-electron chi connectivity index (χ3n) is 7.48. The summed E-state index contributed by atoms with van der Waals surface area (Å²) in [5.41, 5.74) is 4.21. The number of hydrogen-bond donors (Lipinski definition) is 0. The maximum Gasteiger partial charge on any atom is 0.146 e. The predicted octanol–water partition coefficient (Wildman–Crippen LogP) is 4.72. The van der Waals surface area contributed by atoms with Crippen molar-refractivity contribution in [2.24, 2.45) is 0 Å². The molecule has 0 aromatic heterocycles. The normalized spacial score (nSPS) is 19.1. The SMILES string of the molecule is Cc1cccc(N2CCN(C(C)(C)c3ccc(N4CCN(C(C)C)CC4)c(F)c3)CC2)c1.